The normalized spacial score (nSPS) is 15.4. The molecule has 26 heavy (non-hydrogen) atoms. The molecule has 0 spiro atoms. The highest BCUT2D eigenvalue weighted by atomic mass is 35.5. The second-order valence-corrected chi connectivity index (χ2v) is 6.63. The Morgan fingerprint density at radius 3 is 2.58 bits per heavy atom. The molecule has 1 aromatic carbocycles. The molecule has 1 amide bonds. The summed E-state index contributed by atoms with van der Waals surface area (Å²) < 4.78 is 39.3. The van der Waals surface area contributed by atoms with Gasteiger partial charge in [0.25, 0.3) is 0 Å². The summed E-state index contributed by atoms with van der Waals surface area (Å²) in [5.41, 5.74) is 4.99. The average molecular weight is 385 g/mol. The first-order valence-corrected chi connectivity index (χ1v) is 8.21. The van der Waals surface area contributed by atoms with Crippen molar-refractivity contribution in [2.45, 2.75) is 31.1 Å². The molecule has 0 aliphatic heterocycles. The number of aromatic nitrogens is 1. The highest BCUT2D eigenvalue weighted by molar-refractivity contribution is 6.30. The van der Waals surface area contributed by atoms with Crippen molar-refractivity contribution in [1.82, 2.24) is 10.3 Å². The second kappa shape index (κ2) is 6.77. The van der Waals surface area contributed by atoms with Gasteiger partial charge in [0.2, 0.25) is 5.91 Å². The molecule has 0 atom stereocenters. The molecule has 1 saturated carbocycles. The zero-order valence-corrected chi connectivity index (χ0v) is 14.3. The molecule has 5 nitrogen and oxygen atoms in total. The summed E-state index contributed by atoms with van der Waals surface area (Å²) >= 11 is 5.66. The number of alkyl halides is 3. The summed E-state index contributed by atoms with van der Waals surface area (Å²) in [6, 6.07) is 6.69. The standard InChI is InChI=1S/C17H16ClF3N4O/c18-10-1-4-14(13(7-10)17(19,20)21)25-12-3-2-11(23-9-12)8-24-15(26)16(22)5-6-16/h1-4,7,9,25H,5-6,8,22H2,(H,24,26). The minimum absolute atomic E-state index is 0.000396. The number of nitrogens with two attached hydrogens (primary N) is 1. The molecule has 0 bridgehead atoms. The van der Waals surface area contributed by atoms with E-state index in [0.717, 1.165) is 6.07 Å². The van der Waals surface area contributed by atoms with Crippen molar-refractivity contribution >= 4 is 28.9 Å². The molecule has 1 fully saturated rings. The maximum Gasteiger partial charge on any atom is 0.418 e. The van der Waals surface area contributed by atoms with E-state index in [0.29, 0.717) is 24.2 Å². The van der Waals surface area contributed by atoms with Gasteiger partial charge in [0.1, 0.15) is 0 Å². The zero-order chi connectivity index (χ0) is 18.9. The first-order valence-electron chi connectivity index (χ1n) is 7.83. The highest BCUT2D eigenvalue weighted by Gasteiger charge is 2.45. The molecule has 1 aliphatic carbocycles. The van der Waals surface area contributed by atoms with Gasteiger partial charge in [0.15, 0.2) is 0 Å². The van der Waals surface area contributed by atoms with Gasteiger partial charge < -0.3 is 16.4 Å². The van der Waals surface area contributed by atoms with Crippen molar-refractivity contribution in [3.63, 3.8) is 0 Å². The fourth-order valence-electron chi connectivity index (χ4n) is 2.33. The molecule has 0 unspecified atom stereocenters. The van der Waals surface area contributed by atoms with Crippen LogP contribution in [0.2, 0.25) is 5.02 Å². The minimum Gasteiger partial charge on any atom is -0.354 e. The number of nitrogens with zero attached hydrogens (tertiary/aromatic N) is 1. The maximum absolute atomic E-state index is 13.1. The number of hydrogen-bond donors (Lipinski definition) is 3. The van der Waals surface area contributed by atoms with Crippen LogP contribution in [-0.2, 0) is 17.5 Å². The number of carbonyl (C=O) groups excluding carboxylic acids is 1. The first kappa shape index (κ1) is 18.5. The molecule has 9 heteroatoms. The van der Waals surface area contributed by atoms with Crippen LogP contribution in [-0.4, -0.2) is 16.4 Å². The Balaban J connectivity index is 1.67. The van der Waals surface area contributed by atoms with E-state index in [4.69, 9.17) is 17.3 Å². The highest BCUT2D eigenvalue weighted by Crippen LogP contribution is 2.37. The van der Waals surface area contributed by atoms with E-state index in [1.807, 2.05) is 0 Å². The van der Waals surface area contributed by atoms with Crippen LogP contribution >= 0.6 is 11.6 Å². The van der Waals surface area contributed by atoms with Gasteiger partial charge in [-0.05, 0) is 43.2 Å². The van der Waals surface area contributed by atoms with E-state index in [-0.39, 0.29) is 23.2 Å². The van der Waals surface area contributed by atoms with Crippen LogP contribution < -0.4 is 16.4 Å². The van der Waals surface area contributed by atoms with E-state index in [9.17, 15) is 18.0 Å². The molecule has 4 N–H and O–H groups in total. The summed E-state index contributed by atoms with van der Waals surface area (Å²) in [6.45, 7) is 0.201. The molecule has 1 aromatic heterocycles. The fourth-order valence-corrected chi connectivity index (χ4v) is 2.50. The van der Waals surface area contributed by atoms with Gasteiger partial charge in [0, 0.05) is 5.02 Å². The Morgan fingerprint density at radius 2 is 2.00 bits per heavy atom. The summed E-state index contributed by atoms with van der Waals surface area (Å²) in [6.07, 6.45) is -1.81. The molecule has 1 heterocycles. The van der Waals surface area contributed by atoms with E-state index in [1.165, 1.54) is 18.3 Å². The fraction of sp³-hybridized carbons (Fsp3) is 0.294. The lowest BCUT2D eigenvalue weighted by molar-refractivity contribution is -0.137. The zero-order valence-electron chi connectivity index (χ0n) is 13.5. The molecular weight excluding hydrogens is 369 g/mol. The van der Waals surface area contributed by atoms with E-state index < -0.39 is 17.3 Å². The quantitative estimate of drug-likeness (QED) is 0.735. The number of anilines is 2. The average Bonchev–Trinajstić information content (AvgIpc) is 3.33. The smallest absolute Gasteiger partial charge is 0.354 e. The predicted molar refractivity (Wildman–Crippen MR) is 92.0 cm³/mol. The lowest BCUT2D eigenvalue weighted by Gasteiger charge is -2.15. The minimum atomic E-state index is -4.54. The number of carbonyl (C=O) groups is 1. The van der Waals surface area contributed by atoms with Gasteiger partial charge in [-0.3, -0.25) is 9.78 Å². The number of benzene rings is 1. The van der Waals surface area contributed by atoms with Gasteiger partial charge in [-0.15, -0.1) is 0 Å². The molecule has 0 saturated heterocycles. The van der Waals surface area contributed by atoms with E-state index in [2.05, 4.69) is 15.6 Å². The number of nitrogens with one attached hydrogen (secondary N) is 2. The monoisotopic (exact) mass is 384 g/mol. The number of hydrogen-bond acceptors (Lipinski definition) is 4. The predicted octanol–water partition coefficient (Wildman–Crippen LogP) is 3.60. The Morgan fingerprint density at radius 1 is 1.27 bits per heavy atom. The molecular formula is C17H16ClF3N4O. The Labute approximate surface area is 152 Å². The number of halogens is 4. The molecule has 0 radical (unpaired) electrons. The third-order valence-corrected chi connectivity index (χ3v) is 4.30. The van der Waals surface area contributed by atoms with Crippen LogP contribution in [0.1, 0.15) is 24.1 Å². The SMILES string of the molecule is NC1(C(=O)NCc2ccc(Nc3ccc(Cl)cc3C(F)(F)F)cn2)CC1. The third-order valence-electron chi connectivity index (χ3n) is 4.06. The lowest BCUT2D eigenvalue weighted by Crippen LogP contribution is -2.42. The van der Waals surface area contributed by atoms with Crippen molar-refractivity contribution in [3.05, 3.63) is 52.8 Å². The maximum atomic E-state index is 13.1. The van der Waals surface area contributed by atoms with E-state index >= 15 is 0 Å². The Bertz CT molecular complexity index is 820. The van der Waals surface area contributed by atoms with Gasteiger partial charge in [-0.2, -0.15) is 13.2 Å². The number of amides is 1. The Kier molecular flexibility index (Phi) is 4.81. The van der Waals surface area contributed by atoms with Gasteiger partial charge in [-0.1, -0.05) is 11.6 Å². The van der Waals surface area contributed by atoms with Crippen molar-refractivity contribution < 1.29 is 18.0 Å². The van der Waals surface area contributed by atoms with Crippen LogP contribution in [0.15, 0.2) is 36.5 Å². The van der Waals surface area contributed by atoms with Gasteiger partial charge >= 0.3 is 6.18 Å². The molecule has 138 valence electrons. The lowest BCUT2D eigenvalue weighted by atomic mass is 10.1. The van der Waals surface area contributed by atoms with Crippen LogP contribution in [0.25, 0.3) is 0 Å². The van der Waals surface area contributed by atoms with Crippen molar-refractivity contribution in [1.29, 1.82) is 0 Å². The number of rotatable bonds is 5. The Hall–Kier alpha value is -2.32. The largest absolute Gasteiger partial charge is 0.418 e. The van der Waals surface area contributed by atoms with Crippen LogP contribution in [0.3, 0.4) is 0 Å². The van der Waals surface area contributed by atoms with Crippen molar-refractivity contribution in [2.24, 2.45) is 5.73 Å². The first-order chi connectivity index (χ1) is 12.2. The summed E-state index contributed by atoms with van der Waals surface area (Å²) in [4.78, 5) is 15.9. The molecule has 2 aromatic rings. The van der Waals surface area contributed by atoms with Crippen LogP contribution in [0.5, 0.6) is 0 Å². The third kappa shape index (κ3) is 4.25. The summed E-state index contributed by atoms with van der Waals surface area (Å²) in [5.74, 6) is -0.225. The van der Waals surface area contributed by atoms with Gasteiger partial charge in [0.05, 0.1) is 40.9 Å². The van der Waals surface area contributed by atoms with Crippen molar-refractivity contribution in [3.8, 4) is 0 Å². The second-order valence-electron chi connectivity index (χ2n) is 6.19. The number of pyridine rings is 1. The summed E-state index contributed by atoms with van der Waals surface area (Å²) in [7, 11) is 0. The van der Waals surface area contributed by atoms with Crippen LogP contribution in [0.4, 0.5) is 24.5 Å². The van der Waals surface area contributed by atoms with Crippen LogP contribution in [0, 0.1) is 0 Å². The summed E-state index contributed by atoms with van der Waals surface area (Å²) in [5, 5.41) is 5.38. The van der Waals surface area contributed by atoms with Crippen molar-refractivity contribution in [2.75, 3.05) is 5.32 Å². The molecule has 1 aliphatic rings. The van der Waals surface area contributed by atoms with Gasteiger partial charge in [-0.25, -0.2) is 0 Å². The topological polar surface area (TPSA) is 80.0 Å². The molecule has 3 rings (SSSR count). The van der Waals surface area contributed by atoms with E-state index in [1.54, 1.807) is 12.1 Å².